The third-order valence-corrected chi connectivity index (χ3v) is 5.02. The predicted octanol–water partition coefficient (Wildman–Crippen LogP) is 2.49. The zero-order valence-corrected chi connectivity index (χ0v) is 13.0. The Balaban J connectivity index is 1.41. The molecule has 0 bridgehead atoms. The Morgan fingerprint density at radius 3 is 3.00 bits per heavy atom. The topological polar surface area (TPSA) is 30.5 Å². The number of benzene rings is 1. The van der Waals surface area contributed by atoms with Crippen molar-refractivity contribution in [3.63, 3.8) is 0 Å². The summed E-state index contributed by atoms with van der Waals surface area (Å²) in [6.45, 7) is 7.54. The quantitative estimate of drug-likeness (QED) is 0.924. The molecular weight excluding hydrogens is 270 g/mol. The molecule has 2 atom stereocenters. The fourth-order valence-electron chi connectivity index (χ4n) is 2.84. The summed E-state index contributed by atoms with van der Waals surface area (Å²) in [5.74, 6) is 0. The summed E-state index contributed by atoms with van der Waals surface area (Å²) in [5, 5.41) is 3.96. The average molecular weight is 293 g/mol. The smallest absolute Gasteiger partial charge is 0.0940 e. The van der Waals surface area contributed by atoms with Crippen LogP contribution in [0.5, 0.6) is 0 Å². The van der Waals surface area contributed by atoms with Crippen molar-refractivity contribution in [2.75, 3.05) is 26.3 Å². The van der Waals surface area contributed by atoms with Gasteiger partial charge in [0.1, 0.15) is 0 Å². The molecule has 1 fully saturated rings. The van der Waals surface area contributed by atoms with Crippen LogP contribution in [0.2, 0.25) is 0 Å². The van der Waals surface area contributed by atoms with Gasteiger partial charge in [-0.3, -0.25) is 0 Å². The lowest BCUT2D eigenvalue weighted by molar-refractivity contribution is -0.119. The highest BCUT2D eigenvalue weighted by atomic mass is 32.2. The maximum absolute atomic E-state index is 6.01. The van der Waals surface area contributed by atoms with Crippen LogP contribution in [-0.2, 0) is 15.9 Å². The average Bonchev–Trinajstić information content (AvgIpc) is 2.80. The Morgan fingerprint density at radius 2 is 2.20 bits per heavy atom. The van der Waals surface area contributed by atoms with Crippen molar-refractivity contribution < 1.29 is 9.47 Å². The van der Waals surface area contributed by atoms with Crippen molar-refractivity contribution in [2.45, 2.75) is 42.1 Å². The summed E-state index contributed by atoms with van der Waals surface area (Å²) in [6, 6.07) is 8.65. The van der Waals surface area contributed by atoms with E-state index in [0.717, 1.165) is 26.1 Å². The van der Waals surface area contributed by atoms with E-state index in [0.29, 0.717) is 11.9 Å². The molecule has 1 aromatic rings. The molecule has 110 valence electrons. The number of thioether (sulfide) groups is 1. The molecule has 3 rings (SSSR count). The van der Waals surface area contributed by atoms with Crippen LogP contribution in [0, 0.1) is 0 Å². The second-order valence-corrected chi connectivity index (χ2v) is 7.56. The highest BCUT2D eigenvalue weighted by Crippen LogP contribution is 2.36. The molecule has 0 aromatic heterocycles. The summed E-state index contributed by atoms with van der Waals surface area (Å²) in [4.78, 5) is 1.41. The van der Waals surface area contributed by atoms with Crippen LogP contribution in [0.15, 0.2) is 29.2 Å². The van der Waals surface area contributed by atoms with Crippen LogP contribution in [0.4, 0.5) is 0 Å². The van der Waals surface area contributed by atoms with Gasteiger partial charge in [-0.2, -0.15) is 0 Å². The SMILES string of the molecule is CC1(C)CNCC(COCC2Cc3ccccc3S2)O1. The second-order valence-electron chi connectivity index (χ2n) is 6.22. The number of nitrogens with one attached hydrogen (secondary N) is 1. The third-order valence-electron chi connectivity index (χ3n) is 3.73. The summed E-state index contributed by atoms with van der Waals surface area (Å²) in [5.41, 5.74) is 1.38. The standard InChI is InChI=1S/C16H23NO2S/c1-16(2)11-17-8-13(19-16)9-18-10-14-7-12-5-3-4-6-15(12)20-14/h3-6,13-14,17H,7-11H2,1-2H3. The largest absolute Gasteiger partial charge is 0.378 e. The van der Waals surface area contributed by atoms with Crippen LogP contribution in [0.25, 0.3) is 0 Å². The summed E-state index contributed by atoms with van der Waals surface area (Å²) in [7, 11) is 0. The van der Waals surface area contributed by atoms with Gasteiger partial charge in [0, 0.05) is 23.2 Å². The van der Waals surface area contributed by atoms with E-state index in [2.05, 4.69) is 43.4 Å². The zero-order chi connectivity index (χ0) is 14.0. The lowest BCUT2D eigenvalue weighted by atomic mass is 10.1. The predicted molar refractivity (Wildman–Crippen MR) is 82.4 cm³/mol. The van der Waals surface area contributed by atoms with Gasteiger partial charge in [-0.15, -0.1) is 11.8 Å². The van der Waals surface area contributed by atoms with Crippen LogP contribution in [-0.4, -0.2) is 43.3 Å². The van der Waals surface area contributed by atoms with E-state index in [-0.39, 0.29) is 11.7 Å². The molecule has 0 amide bonds. The number of morpholine rings is 1. The molecule has 0 radical (unpaired) electrons. The fraction of sp³-hybridized carbons (Fsp3) is 0.625. The molecule has 2 heterocycles. The van der Waals surface area contributed by atoms with Gasteiger partial charge >= 0.3 is 0 Å². The van der Waals surface area contributed by atoms with Gasteiger partial charge in [0.2, 0.25) is 0 Å². The molecule has 2 aliphatic rings. The maximum atomic E-state index is 6.01. The van der Waals surface area contributed by atoms with Crippen LogP contribution in [0.3, 0.4) is 0 Å². The minimum atomic E-state index is -0.0787. The number of ether oxygens (including phenoxy) is 2. The number of hydrogen-bond donors (Lipinski definition) is 1. The normalized spacial score (nSPS) is 28.3. The Kier molecular flexibility index (Phi) is 4.36. The first-order valence-electron chi connectivity index (χ1n) is 7.33. The Morgan fingerprint density at radius 1 is 1.35 bits per heavy atom. The summed E-state index contributed by atoms with van der Waals surface area (Å²) >= 11 is 1.94. The van der Waals surface area contributed by atoms with Crippen LogP contribution in [0.1, 0.15) is 19.4 Å². The molecule has 3 nitrogen and oxygen atoms in total. The van der Waals surface area contributed by atoms with E-state index in [4.69, 9.17) is 9.47 Å². The molecule has 1 saturated heterocycles. The first-order chi connectivity index (χ1) is 9.62. The number of rotatable bonds is 4. The van der Waals surface area contributed by atoms with Gasteiger partial charge in [0.05, 0.1) is 24.9 Å². The van der Waals surface area contributed by atoms with Crippen molar-refractivity contribution in [2.24, 2.45) is 0 Å². The van der Waals surface area contributed by atoms with Crippen molar-refractivity contribution in [3.8, 4) is 0 Å². The zero-order valence-electron chi connectivity index (χ0n) is 12.2. The molecule has 0 spiro atoms. The van der Waals surface area contributed by atoms with E-state index in [9.17, 15) is 0 Å². The van der Waals surface area contributed by atoms with Gasteiger partial charge in [-0.25, -0.2) is 0 Å². The number of hydrogen-bond acceptors (Lipinski definition) is 4. The van der Waals surface area contributed by atoms with Gasteiger partial charge < -0.3 is 14.8 Å². The Hall–Kier alpha value is -0.550. The Bertz CT molecular complexity index is 439. The van der Waals surface area contributed by atoms with E-state index in [1.54, 1.807) is 0 Å². The second kappa shape index (κ2) is 6.06. The molecule has 0 saturated carbocycles. The van der Waals surface area contributed by atoms with Crippen molar-refractivity contribution in [1.82, 2.24) is 5.32 Å². The van der Waals surface area contributed by atoms with E-state index >= 15 is 0 Å². The maximum Gasteiger partial charge on any atom is 0.0940 e. The fourth-order valence-corrected chi connectivity index (χ4v) is 4.09. The van der Waals surface area contributed by atoms with Crippen LogP contribution >= 0.6 is 11.8 Å². The van der Waals surface area contributed by atoms with E-state index in [1.807, 2.05) is 11.8 Å². The molecular formula is C16H23NO2S. The highest BCUT2D eigenvalue weighted by Gasteiger charge is 2.29. The van der Waals surface area contributed by atoms with E-state index < -0.39 is 0 Å². The lowest BCUT2D eigenvalue weighted by Crippen LogP contribution is -2.52. The minimum Gasteiger partial charge on any atom is -0.378 e. The lowest BCUT2D eigenvalue weighted by Gasteiger charge is -2.36. The molecule has 0 aliphatic carbocycles. The third kappa shape index (κ3) is 3.55. The van der Waals surface area contributed by atoms with Crippen molar-refractivity contribution >= 4 is 11.8 Å². The first kappa shape index (κ1) is 14.4. The van der Waals surface area contributed by atoms with Gasteiger partial charge in [0.25, 0.3) is 0 Å². The number of fused-ring (bicyclic) bond motifs is 1. The summed E-state index contributed by atoms with van der Waals surface area (Å²) in [6.07, 6.45) is 1.29. The summed E-state index contributed by atoms with van der Waals surface area (Å²) < 4.78 is 11.9. The van der Waals surface area contributed by atoms with Crippen molar-refractivity contribution in [1.29, 1.82) is 0 Å². The van der Waals surface area contributed by atoms with Gasteiger partial charge in [-0.1, -0.05) is 18.2 Å². The molecule has 2 unspecified atom stereocenters. The molecule has 2 aliphatic heterocycles. The van der Waals surface area contributed by atoms with Crippen molar-refractivity contribution in [3.05, 3.63) is 29.8 Å². The highest BCUT2D eigenvalue weighted by molar-refractivity contribution is 8.00. The molecule has 1 N–H and O–H groups in total. The van der Waals surface area contributed by atoms with Gasteiger partial charge in [0.15, 0.2) is 0 Å². The van der Waals surface area contributed by atoms with E-state index in [1.165, 1.54) is 10.5 Å². The minimum absolute atomic E-state index is 0.0787. The Labute approximate surface area is 125 Å². The van der Waals surface area contributed by atoms with Crippen LogP contribution < -0.4 is 5.32 Å². The monoisotopic (exact) mass is 293 g/mol. The molecule has 1 aromatic carbocycles. The molecule has 20 heavy (non-hydrogen) atoms. The first-order valence-corrected chi connectivity index (χ1v) is 8.21. The van der Waals surface area contributed by atoms with Gasteiger partial charge in [-0.05, 0) is 31.9 Å². The molecule has 4 heteroatoms.